The fourth-order valence-electron chi connectivity index (χ4n) is 3.56. The number of benzene rings is 2. The Morgan fingerprint density at radius 3 is 2.30 bits per heavy atom. The lowest BCUT2D eigenvalue weighted by atomic mass is 9.86. The molecule has 1 heterocycles. The molecule has 2 aromatic rings. The number of alkyl halides is 3. The first-order valence-electron chi connectivity index (χ1n) is 8.80. The van der Waals surface area contributed by atoms with Crippen LogP contribution in [0.4, 0.5) is 13.2 Å². The van der Waals surface area contributed by atoms with Crippen molar-refractivity contribution in [3.8, 4) is 0 Å². The maximum absolute atomic E-state index is 12.7. The van der Waals surface area contributed by atoms with Crippen molar-refractivity contribution < 1.29 is 22.6 Å². The summed E-state index contributed by atoms with van der Waals surface area (Å²) in [4.78, 5) is 0. The third-order valence-corrected chi connectivity index (χ3v) is 4.80. The lowest BCUT2D eigenvalue weighted by Crippen LogP contribution is -2.65. The minimum absolute atomic E-state index is 0.0335. The molecule has 4 nitrogen and oxygen atoms in total. The van der Waals surface area contributed by atoms with Crippen molar-refractivity contribution in [1.29, 1.82) is 0 Å². The summed E-state index contributed by atoms with van der Waals surface area (Å²) in [6, 6.07) is 18.7. The number of hydrogen-bond acceptors (Lipinski definition) is 4. The van der Waals surface area contributed by atoms with Crippen LogP contribution >= 0.6 is 0 Å². The molecule has 1 fully saturated rings. The van der Waals surface area contributed by atoms with Crippen LogP contribution in [-0.2, 0) is 21.7 Å². The Morgan fingerprint density at radius 1 is 1.07 bits per heavy atom. The van der Waals surface area contributed by atoms with Gasteiger partial charge in [0.25, 0.3) is 0 Å². The molecule has 2 N–H and O–H groups in total. The van der Waals surface area contributed by atoms with Crippen LogP contribution in [0, 0.1) is 0 Å². The summed E-state index contributed by atoms with van der Waals surface area (Å²) >= 11 is 0. The van der Waals surface area contributed by atoms with Crippen LogP contribution < -0.4 is 10.6 Å². The van der Waals surface area contributed by atoms with Gasteiger partial charge in [0, 0.05) is 25.8 Å². The van der Waals surface area contributed by atoms with Crippen molar-refractivity contribution in [2.24, 2.45) is 0 Å². The number of rotatable bonds is 6. The summed E-state index contributed by atoms with van der Waals surface area (Å²) in [5.74, 6) is 0. The van der Waals surface area contributed by atoms with Crippen molar-refractivity contribution in [2.45, 2.75) is 37.2 Å². The summed E-state index contributed by atoms with van der Waals surface area (Å²) in [6.07, 6.45) is -5.51. The first kappa shape index (κ1) is 19.8. The molecule has 0 bridgehead atoms. The van der Waals surface area contributed by atoms with Gasteiger partial charge in [-0.25, -0.2) is 0 Å². The van der Waals surface area contributed by atoms with Crippen LogP contribution in [0.2, 0.25) is 0 Å². The van der Waals surface area contributed by atoms with E-state index in [0.717, 1.165) is 11.1 Å². The highest BCUT2D eigenvalue weighted by atomic mass is 19.4. The van der Waals surface area contributed by atoms with E-state index in [1.165, 1.54) is 0 Å². The lowest BCUT2D eigenvalue weighted by Gasteiger charge is -2.47. The number of nitrogens with one attached hydrogen (secondary N) is 2. The van der Waals surface area contributed by atoms with Crippen molar-refractivity contribution in [2.75, 3.05) is 13.7 Å². The third kappa shape index (κ3) is 4.87. The molecule has 1 saturated heterocycles. The molecule has 0 aliphatic carbocycles. The van der Waals surface area contributed by atoms with Gasteiger partial charge in [-0.05, 0) is 12.0 Å². The minimum Gasteiger partial charge on any atom is -0.358 e. The summed E-state index contributed by atoms with van der Waals surface area (Å²) in [5.41, 5.74) is 0.944. The molecular formula is C20H23F3N2O2. The normalized spacial score (nSPS) is 26.1. The second-order valence-corrected chi connectivity index (χ2v) is 6.53. The molecule has 1 aliphatic heterocycles. The zero-order valence-electron chi connectivity index (χ0n) is 15.0. The Morgan fingerprint density at radius 2 is 1.70 bits per heavy atom. The molecule has 7 heteroatoms. The Hall–Kier alpha value is -1.93. The van der Waals surface area contributed by atoms with Crippen LogP contribution in [-0.4, -0.2) is 32.2 Å². The van der Waals surface area contributed by atoms with Crippen LogP contribution in [0.3, 0.4) is 0 Å². The smallest absolute Gasteiger partial charge is 0.358 e. The number of piperidine rings is 1. The number of methoxy groups -OCH3 is 1. The summed E-state index contributed by atoms with van der Waals surface area (Å²) < 4.78 is 48.3. The Labute approximate surface area is 156 Å². The van der Waals surface area contributed by atoms with Gasteiger partial charge >= 0.3 is 6.36 Å². The first-order valence-corrected chi connectivity index (χ1v) is 8.80. The highest BCUT2D eigenvalue weighted by molar-refractivity contribution is 5.26. The number of hydrogen-bond donors (Lipinski definition) is 2. The van der Waals surface area contributed by atoms with Crippen molar-refractivity contribution in [3.05, 3.63) is 71.8 Å². The Balaban J connectivity index is 1.84. The van der Waals surface area contributed by atoms with E-state index >= 15 is 0 Å². The van der Waals surface area contributed by atoms with Gasteiger partial charge in [0.2, 0.25) is 0 Å². The molecule has 0 amide bonds. The highest BCUT2D eigenvalue weighted by Crippen LogP contribution is 2.34. The van der Waals surface area contributed by atoms with E-state index in [0.29, 0.717) is 6.54 Å². The van der Waals surface area contributed by atoms with Gasteiger partial charge in [0.15, 0.2) is 5.72 Å². The molecule has 0 radical (unpaired) electrons. The molecule has 0 saturated carbocycles. The van der Waals surface area contributed by atoms with Crippen molar-refractivity contribution in [1.82, 2.24) is 10.6 Å². The largest absolute Gasteiger partial charge is 0.522 e. The van der Waals surface area contributed by atoms with E-state index < -0.39 is 24.2 Å². The van der Waals surface area contributed by atoms with Gasteiger partial charge in [-0.1, -0.05) is 60.7 Å². The molecule has 0 spiro atoms. The average molecular weight is 380 g/mol. The Bertz CT molecular complexity index is 712. The SMILES string of the molecule is COC1(c2ccccc2)NCC(OC(F)(F)F)CC1NCc1ccccc1. The molecular weight excluding hydrogens is 357 g/mol. The summed E-state index contributed by atoms with van der Waals surface area (Å²) in [6.45, 7) is 0.537. The molecule has 27 heavy (non-hydrogen) atoms. The van der Waals surface area contributed by atoms with E-state index in [1.807, 2.05) is 60.7 Å². The van der Waals surface area contributed by atoms with Crippen molar-refractivity contribution >= 4 is 0 Å². The minimum atomic E-state index is -4.67. The number of halogens is 3. The molecule has 3 rings (SSSR count). The topological polar surface area (TPSA) is 42.5 Å². The third-order valence-electron chi connectivity index (χ3n) is 4.80. The van der Waals surface area contributed by atoms with Gasteiger partial charge in [0.1, 0.15) is 0 Å². The van der Waals surface area contributed by atoms with Gasteiger partial charge in [-0.2, -0.15) is 0 Å². The maximum atomic E-state index is 12.7. The number of ether oxygens (including phenoxy) is 2. The van der Waals surface area contributed by atoms with Gasteiger partial charge < -0.3 is 10.1 Å². The van der Waals surface area contributed by atoms with E-state index in [9.17, 15) is 13.2 Å². The van der Waals surface area contributed by atoms with E-state index in [4.69, 9.17) is 4.74 Å². The zero-order valence-corrected chi connectivity index (χ0v) is 15.0. The molecule has 3 unspecified atom stereocenters. The van der Waals surface area contributed by atoms with Crippen molar-refractivity contribution in [3.63, 3.8) is 0 Å². The molecule has 146 valence electrons. The predicted octanol–water partition coefficient (Wildman–Crippen LogP) is 3.54. The Kier molecular flexibility index (Phi) is 6.16. The monoisotopic (exact) mass is 380 g/mol. The van der Waals surface area contributed by atoms with Gasteiger partial charge in [0.05, 0.1) is 12.1 Å². The molecule has 0 aromatic heterocycles. The molecule has 2 aromatic carbocycles. The van der Waals surface area contributed by atoms with E-state index in [-0.39, 0.29) is 13.0 Å². The quantitative estimate of drug-likeness (QED) is 0.805. The lowest BCUT2D eigenvalue weighted by molar-refractivity contribution is -0.347. The molecule has 3 atom stereocenters. The zero-order chi connectivity index (χ0) is 19.3. The standard InChI is InChI=1S/C20H23F3N2O2/c1-26-19(16-10-6-3-7-11-16)18(24-13-15-8-4-2-5-9-15)12-17(14-25-19)27-20(21,22)23/h2-11,17-18,24-25H,12-14H2,1H3. The van der Waals surface area contributed by atoms with Gasteiger partial charge in [-0.3, -0.25) is 10.1 Å². The van der Waals surface area contributed by atoms with Crippen LogP contribution in [0.25, 0.3) is 0 Å². The van der Waals surface area contributed by atoms with E-state index in [2.05, 4.69) is 15.4 Å². The highest BCUT2D eigenvalue weighted by Gasteiger charge is 2.47. The fourth-order valence-corrected chi connectivity index (χ4v) is 3.56. The summed E-state index contributed by atoms with van der Waals surface area (Å²) in [5, 5.41) is 6.51. The summed E-state index contributed by atoms with van der Waals surface area (Å²) in [7, 11) is 1.56. The maximum Gasteiger partial charge on any atom is 0.522 e. The first-order chi connectivity index (χ1) is 12.9. The fraction of sp³-hybridized carbons (Fsp3) is 0.400. The van der Waals surface area contributed by atoms with Gasteiger partial charge in [-0.15, -0.1) is 13.2 Å². The second kappa shape index (κ2) is 8.39. The predicted molar refractivity (Wildman–Crippen MR) is 95.7 cm³/mol. The second-order valence-electron chi connectivity index (χ2n) is 6.53. The van der Waals surface area contributed by atoms with E-state index in [1.54, 1.807) is 7.11 Å². The average Bonchev–Trinajstić information content (AvgIpc) is 2.67. The van der Waals surface area contributed by atoms with Crippen LogP contribution in [0.1, 0.15) is 17.5 Å². The molecule has 1 aliphatic rings. The van der Waals surface area contributed by atoms with Crippen LogP contribution in [0.15, 0.2) is 60.7 Å². The van der Waals surface area contributed by atoms with Crippen LogP contribution in [0.5, 0.6) is 0 Å².